The highest BCUT2D eigenvalue weighted by Crippen LogP contribution is 2.33. The summed E-state index contributed by atoms with van der Waals surface area (Å²) in [5.41, 5.74) is 1.32. The first kappa shape index (κ1) is 10.7. The Kier molecular flexibility index (Phi) is 3.80. The van der Waals surface area contributed by atoms with Crippen LogP contribution >= 0.6 is 47.8 Å². The monoisotopic (exact) mass is 354 g/mol. The molecule has 0 fully saturated rings. The van der Waals surface area contributed by atoms with Gasteiger partial charge in [0, 0.05) is 13.4 Å². The molecule has 3 heteroatoms. The first-order chi connectivity index (χ1) is 5.52. The number of rotatable bonds is 1. The summed E-state index contributed by atoms with van der Waals surface area (Å²) in [5.74, 6) is 0.545. The van der Waals surface area contributed by atoms with E-state index in [0.717, 1.165) is 13.4 Å². The van der Waals surface area contributed by atoms with Gasteiger partial charge in [0.25, 0.3) is 0 Å². The Morgan fingerprint density at radius 1 is 0.917 bits per heavy atom. The first-order valence-corrected chi connectivity index (χ1v) is 6.04. The fourth-order valence-electron chi connectivity index (χ4n) is 0.980. The zero-order valence-electron chi connectivity index (χ0n) is 6.87. The smallest absolute Gasteiger partial charge is 0.0328 e. The molecule has 0 atom stereocenters. The van der Waals surface area contributed by atoms with Crippen molar-refractivity contribution < 1.29 is 0 Å². The zero-order chi connectivity index (χ0) is 9.30. The number of hydrogen-bond acceptors (Lipinski definition) is 0. The van der Waals surface area contributed by atoms with Crippen LogP contribution in [0.3, 0.4) is 0 Å². The van der Waals surface area contributed by atoms with E-state index >= 15 is 0 Å². The molecule has 0 heterocycles. The molecule has 0 N–H and O–H groups in total. The molecule has 0 aliphatic heterocycles. The van der Waals surface area contributed by atoms with Crippen LogP contribution in [-0.2, 0) is 0 Å². The van der Waals surface area contributed by atoms with Crippen molar-refractivity contribution >= 4 is 47.8 Å². The van der Waals surface area contributed by atoms with Crippen molar-refractivity contribution in [1.82, 2.24) is 0 Å². The van der Waals surface area contributed by atoms with Gasteiger partial charge >= 0.3 is 0 Å². The van der Waals surface area contributed by atoms with Crippen molar-refractivity contribution in [2.45, 2.75) is 19.8 Å². The van der Waals surface area contributed by atoms with Crippen LogP contribution in [0.25, 0.3) is 0 Å². The number of halogens is 3. The fourth-order valence-corrected chi connectivity index (χ4v) is 2.79. The molecule has 1 aromatic carbocycles. The Hall–Kier alpha value is 0.660. The minimum atomic E-state index is 0.545. The van der Waals surface area contributed by atoms with E-state index in [2.05, 4.69) is 73.8 Å². The van der Waals surface area contributed by atoms with Crippen LogP contribution < -0.4 is 0 Å². The van der Waals surface area contributed by atoms with Gasteiger partial charge < -0.3 is 0 Å². The second-order valence-corrected chi connectivity index (χ2v) is 5.51. The summed E-state index contributed by atoms with van der Waals surface area (Å²) >= 11 is 10.5. The Balaban J connectivity index is 3.23. The molecule has 0 amide bonds. The molecule has 66 valence electrons. The Morgan fingerprint density at radius 2 is 1.42 bits per heavy atom. The molecule has 0 radical (unpaired) electrons. The molecule has 0 saturated carbocycles. The highest BCUT2D eigenvalue weighted by Gasteiger charge is 2.07. The number of hydrogen-bond donors (Lipinski definition) is 0. The summed E-state index contributed by atoms with van der Waals surface area (Å²) in [7, 11) is 0. The summed E-state index contributed by atoms with van der Waals surface area (Å²) in [5, 5.41) is 0. The maximum Gasteiger partial charge on any atom is 0.0328 e. The summed E-state index contributed by atoms with van der Waals surface area (Å²) in [6.07, 6.45) is 0. The van der Waals surface area contributed by atoms with Gasteiger partial charge in [0.1, 0.15) is 0 Å². The Morgan fingerprint density at radius 3 is 1.92 bits per heavy atom. The number of benzene rings is 1. The van der Waals surface area contributed by atoms with Gasteiger partial charge in [-0.05, 0) is 55.5 Å². The summed E-state index contributed by atoms with van der Waals surface area (Å²) in [6, 6.07) is 4.21. The molecular weight excluding hydrogens is 348 g/mol. The molecule has 0 aliphatic carbocycles. The third-order valence-corrected chi connectivity index (χ3v) is 4.19. The molecule has 12 heavy (non-hydrogen) atoms. The van der Waals surface area contributed by atoms with Crippen LogP contribution in [0.2, 0.25) is 0 Å². The molecular formula is C9H9Br3. The Bertz CT molecular complexity index is 292. The summed E-state index contributed by atoms with van der Waals surface area (Å²) in [6.45, 7) is 4.36. The lowest BCUT2D eigenvalue weighted by Crippen LogP contribution is -1.89. The van der Waals surface area contributed by atoms with Gasteiger partial charge in [0.2, 0.25) is 0 Å². The lowest BCUT2D eigenvalue weighted by Gasteiger charge is -2.09. The van der Waals surface area contributed by atoms with E-state index in [0.29, 0.717) is 5.92 Å². The maximum absolute atomic E-state index is 3.53. The van der Waals surface area contributed by atoms with E-state index in [4.69, 9.17) is 0 Å². The summed E-state index contributed by atoms with van der Waals surface area (Å²) in [4.78, 5) is 0. The first-order valence-electron chi connectivity index (χ1n) is 3.67. The largest absolute Gasteiger partial charge is 0.0586 e. The predicted molar refractivity (Wildman–Crippen MR) is 63.6 cm³/mol. The van der Waals surface area contributed by atoms with Gasteiger partial charge in [-0.2, -0.15) is 0 Å². The van der Waals surface area contributed by atoms with Gasteiger partial charge in [-0.1, -0.05) is 29.8 Å². The summed E-state index contributed by atoms with van der Waals surface area (Å²) < 4.78 is 3.35. The lowest BCUT2D eigenvalue weighted by atomic mass is 10.0. The van der Waals surface area contributed by atoms with Gasteiger partial charge in [0.05, 0.1) is 0 Å². The minimum absolute atomic E-state index is 0.545. The van der Waals surface area contributed by atoms with Crippen LogP contribution in [0, 0.1) is 0 Å². The van der Waals surface area contributed by atoms with Crippen molar-refractivity contribution in [2.24, 2.45) is 0 Å². The van der Waals surface area contributed by atoms with Crippen LogP contribution in [0.4, 0.5) is 0 Å². The van der Waals surface area contributed by atoms with Gasteiger partial charge in [-0.15, -0.1) is 0 Å². The zero-order valence-corrected chi connectivity index (χ0v) is 11.6. The van der Waals surface area contributed by atoms with Crippen molar-refractivity contribution in [1.29, 1.82) is 0 Å². The van der Waals surface area contributed by atoms with Crippen LogP contribution in [-0.4, -0.2) is 0 Å². The second-order valence-electron chi connectivity index (χ2n) is 2.94. The normalized spacial score (nSPS) is 10.8. The van der Waals surface area contributed by atoms with Gasteiger partial charge in [-0.25, -0.2) is 0 Å². The van der Waals surface area contributed by atoms with Crippen LogP contribution in [0.15, 0.2) is 25.6 Å². The van der Waals surface area contributed by atoms with E-state index in [9.17, 15) is 0 Å². The van der Waals surface area contributed by atoms with E-state index < -0.39 is 0 Å². The standard InChI is InChI=1S/C9H9Br3/c1-5(2)6-3-8(11)9(12)4-7(6)10/h3-5H,1-2H3. The van der Waals surface area contributed by atoms with E-state index in [1.165, 1.54) is 5.56 Å². The van der Waals surface area contributed by atoms with Gasteiger partial charge in [-0.3, -0.25) is 0 Å². The van der Waals surface area contributed by atoms with E-state index in [1.807, 2.05) is 0 Å². The average molecular weight is 357 g/mol. The van der Waals surface area contributed by atoms with Crippen molar-refractivity contribution in [2.75, 3.05) is 0 Å². The molecule has 0 aliphatic rings. The molecule has 0 saturated heterocycles. The predicted octanol–water partition coefficient (Wildman–Crippen LogP) is 5.10. The molecule has 0 unspecified atom stereocenters. The SMILES string of the molecule is CC(C)c1cc(Br)c(Br)cc1Br. The van der Waals surface area contributed by atoms with E-state index in [1.54, 1.807) is 0 Å². The van der Waals surface area contributed by atoms with Crippen LogP contribution in [0.1, 0.15) is 25.3 Å². The maximum atomic E-state index is 3.53. The molecule has 0 aromatic heterocycles. The van der Waals surface area contributed by atoms with Crippen molar-refractivity contribution in [3.8, 4) is 0 Å². The molecule has 0 nitrogen and oxygen atoms in total. The fraction of sp³-hybridized carbons (Fsp3) is 0.333. The van der Waals surface area contributed by atoms with Crippen LogP contribution in [0.5, 0.6) is 0 Å². The molecule has 0 bridgehead atoms. The minimum Gasteiger partial charge on any atom is -0.0586 e. The topological polar surface area (TPSA) is 0 Å². The highest BCUT2D eigenvalue weighted by atomic mass is 79.9. The molecule has 1 aromatic rings. The lowest BCUT2D eigenvalue weighted by molar-refractivity contribution is 0.859. The highest BCUT2D eigenvalue weighted by molar-refractivity contribution is 9.13. The third kappa shape index (κ3) is 2.33. The third-order valence-electron chi connectivity index (χ3n) is 1.66. The van der Waals surface area contributed by atoms with Gasteiger partial charge in [0.15, 0.2) is 0 Å². The van der Waals surface area contributed by atoms with Crippen molar-refractivity contribution in [3.05, 3.63) is 31.1 Å². The Labute approximate surface area is 98.1 Å². The average Bonchev–Trinajstić information content (AvgIpc) is 1.96. The van der Waals surface area contributed by atoms with Crippen molar-refractivity contribution in [3.63, 3.8) is 0 Å². The molecule has 0 spiro atoms. The molecule has 1 rings (SSSR count). The quantitative estimate of drug-likeness (QED) is 0.614. The second kappa shape index (κ2) is 4.25. The van der Waals surface area contributed by atoms with E-state index in [-0.39, 0.29) is 0 Å².